The van der Waals surface area contributed by atoms with Crippen LogP contribution in [0.25, 0.3) is 0 Å². The summed E-state index contributed by atoms with van der Waals surface area (Å²) < 4.78 is 6.09. The van der Waals surface area contributed by atoms with Crippen LogP contribution in [0.5, 0.6) is 11.5 Å². The van der Waals surface area contributed by atoms with E-state index in [9.17, 15) is 24.3 Å². The van der Waals surface area contributed by atoms with Crippen LogP contribution in [0.15, 0.2) is 26.7 Å². The van der Waals surface area contributed by atoms with Gasteiger partial charge in [0.1, 0.15) is 0 Å². The molecule has 2 saturated heterocycles. The molecule has 1 aromatic rings. The number of carbonyl (C=O) groups is 4. The van der Waals surface area contributed by atoms with Crippen LogP contribution in [-0.2, 0) is 19.2 Å². The quantitative estimate of drug-likeness (QED) is 0.175. The summed E-state index contributed by atoms with van der Waals surface area (Å²) in [5, 5.41) is 10.7. The number of ether oxygens (including phenoxy) is 1. The van der Waals surface area contributed by atoms with Gasteiger partial charge in [-0.15, -0.1) is 23.2 Å². The molecule has 4 fully saturated rings. The number of nitrogens with zero attached hydrogens (tertiary/aromatic N) is 2. The van der Waals surface area contributed by atoms with E-state index >= 15 is 0 Å². The van der Waals surface area contributed by atoms with Crippen molar-refractivity contribution in [3.8, 4) is 11.5 Å². The molecule has 0 aromatic heterocycles. The molecule has 6 rings (SSSR count). The van der Waals surface area contributed by atoms with Gasteiger partial charge in [0.25, 0.3) is 11.8 Å². The van der Waals surface area contributed by atoms with E-state index in [1.165, 1.54) is 12.0 Å². The highest BCUT2D eigenvalue weighted by Gasteiger charge is 2.76. The molecule has 1 N–H and O–H groups in total. The molecule has 3 aliphatic carbocycles. The Kier molecular flexibility index (Phi) is 7.65. The number of imide groups is 2. The van der Waals surface area contributed by atoms with E-state index in [2.05, 4.69) is 47.8 Å². The van der Waals surface area contributed by atoms with Crippen LogP contribution >= 0.6 is 71.0 Å². The molecule has 1 aromatic carbocycles. The van der Waals surface area contributed by atoms with Crippen molar-refractivity contribution >= 4 is 94.6 Å². The van der Waals surface area contributed by atoms with E-state index in [1.807, 2.05) is 6.08 Å². The van der Waals surface area contributed by atoms with E-state index in [1.54, 1.807) is 6.07 Å². The predicted octanol–water partition coefficient (Wildman–Crippen LogP) is 5.97. The molecule has 13 heteroatoms. The van der Waals surface area contributed by atoms with Crippen LogP contribution in [0.2, 0.25) is 0 Å². The fourth-order valence-electron chi connectivity index (χ4n) is 7.80. The number of phenols is 1. The number of alkyl halides is 3. The lowest BCUT2D eigenvalue weighted by atomic mass is 9.56. The van der Waals surface area contributed by atoms with Gasteiger partial charge in [0.05, 0.1) is 28.9 Å². The van der Waals surface area contributed by atoms with Crippen LogP contribution in [-0.4, -0.2) is 66.9 Å². The minimum atomic E-state index is -1.95. The van der Waals surface area contributed by atoms with Gasteiger partial charge in [0.2, 0.25) is 11.8 Å². The van der Waals surface area contributed by atoms with Crippen molar-refractivity contribution < 1.29 is 29.0 Å². The lowest BCUT2D eigenvalue weighted by Crippen LogP contribution is -2.60. The van der Waals surface area contributed by atoms with Crippen LogP contribution in [0.1, 0.15) is 56.4 Å². The van der Waals surface area contributed by atoms with Gasteiger partial charge in [0.15, 0.2) is 21.2 Å². The summed E-state index contributed by atoms with van der Waals surface area (Å²) in [5.74, 6) is -4.62. The molecule has 220 valence electrons. The van der Waals surface area contributed by atoms with Crippen molar-refractivity contribution in [2.75, 3.05) is 12.6 Å². The number of phenolic OH excluding ortho intramolecular Hbond substituents is 1. The minimum absolute atomic E-state index is 0.0683. The summed E-state index contributed by atoms with van der Waals surface area (Å²) >= 11 is 24.8. The van der Waals surface area contributed by atoms with Gasteiger partial charge < -0.3 is 9.84 Å². The Morgan fingerprint density at radius 1 is 1.02 bits per heavy atom. The molecule has 6 atom stereocenters. The standard InChI is InChI=1S/C28H27Br3Cl2N2O6/c1-41-17-9-15(20(30)21(31)22(17)36)19-13-7-8-14-18(24(38)35(23(14)37)12-5-3-2-4-6-12)16(13)10-27(32)25(39)34(11-29)26(40)28(19,27)33/h7,9,12,14,16,18-19,36H,2-6,8,10-11H2,1H3/t14-,16+,18-,19+,27+,28-/m0/s1. The highest BCUT2D eigenvalue weighted by Crippen LogP contribution is 2.67. The smallest absolute Gasteiger partial charge is 0.254 e. The number of carbonyl (C=O) groups excluding carboxylic acids is 4. The summed E-state index contributed by atoms with van der Waals surface area (Å²) in [7, 11) is 1.40. The van der Waals surface area contributed by atoms with E-state index in [0.717, 1.165) is 37.0 Å². The Morgan fingerprint density at radius 2 is 1.71 bits per heavy atom. The van der Waals surface area contributed by atoms with Gasteiger partial charge in [-0.1, -0.05) is 46.8 Å². The second-order valence-electron chi connectivity index (χ2n) is 11.5. The topological polar surface area (TPSA) is 104 Å². The molecule has 41 heavy (non-hydrogen) atoms. The highest BCUT2D eigenvalue weighted by atomic mass is 79.9. The summed E-state index contributed by atoms with van der Waals surface area (Å²) in [6.45, 7) is 0. The number of rotatable bonds is 4. The van der Waals surface area contributed by atoms with Crippen molar-refractivity contribution in [1.82, 2.24) is 9.80 Å². The molecule has 5 aliphatic rings. The zero-order valence-electron chi connectivity index (χ0n) is 22.0. The maximum absolute atomic E-state index is 14.1. The van der Waals surface area contributed by atoms with Crippen molar-refractivity contribution in [1.29, 1.82) is 0 Å². The Hall–Kier alpha value is -1.14. The number of aromatic hydroxyl groups is 1. The summed E-state index contributed by atoms with van der Waals surface area (Å²) in [5.41, 5.74) is 1.04. The molecule has 0 spiro atoms. The lowest BCUT2D eigenvalue weighted by molar-refractivity contribution is -0.144. The third kappa shape index (κ3) is 3.93. The maximum atomic E-state index is 14.1. The first kappa shape index (κ1) is 29.9. The van der Waals surface area contributed by atoms with E-state index in [-0.39, 0.29) is 45.7 Å². The largest absolute Gasteiger partial charge is 0.503 e. The molecule has 2 aliphatic heterocycles. The molecular weight excluding hydrogens is 771 g/mol. The number of hydrogen-bond acceptors (Lipinski definition) is 6. The SMILES string of the molecule is COc1cc([C@H]2C3=CC[C@@H]4C(=O)N(C5CCCCC5)C(=O)[C@@H]4[C@@H]3C[C@@]3(Cl)C(=O)N(CBr)C(=O)[C@@]23Cl)c(Br)c(Br)c1O. The van der Waals surface area contributed by atoms with Crippen LogP contribution in [0.4, 0.5) is 0 Å². The number of methoxy groups -OCH3 is 1. The van der Waals surface area contributed by atoms with Crippen LogP contribution in [0.3, 0.4) is 0 Å². The average Bonchev–Trinajstić information content (AvgIpc) is 3.30. The fourth-order valence-corrected chi connectivity index (χ4v) is 10.2. The van der Waals surface area contributed by atoms with Gasteiger partial charge >= 0.3 is 0 Å². The zero-order chi connectivity index (χ0) is 29.6. The first-order valence-corrected chi connectivity index (χ1v) is 17.0. The van der Waals surface area contributed by atoms with E-state index in [4.69, 9.17) is 27.9 Å². The van der Waals surface area contributed by atoms with Crippen LogP contribution < -0.4 is 4.74 Å². The second kappa shape index (κ2) is 10.5. The normalized spacial score (nSPS) is 35.4. The van der Waals surface area contributed by atoms with Gasteiger partial charge in [-0.2, -0.15) is 0 Å². The van der Waals surface area contributed by atoms with Gasteiger partial charge in [-0.05, 0) is 75.1 Å². The Labute approximate surface area is 272 Å². The zero-order valence-corrected chi connectivity index (χ0v) is 28.2. The molecule has 0 unspecified atom stereocenters. The van der Waals surface area contributed by atoms with E-state index in [0.29, 0.717) is 22.0 Å². The Balaban J connectivity index is 1.55. The van der Waals surface area contributed by atoms with Gasteiger partial charge in [-0.25, -0.2) is 0 Å². The molecule has 8 nitrogen and oxygen atoms in total. The number of likely N-dealkylation sites (tertiary alicyclic amines) is 2. The number of allylic oxidation sites excluding steroid dienone is 2. The average molecular weight is 798 g/mol. The van der Waals surface area contributed by atoms with Crippen molar-refractivity contribution in [2.24, 2.45) is 17.8 Å². The molecule has 0 radical (unpaired) electrons. The van der Waals surface area contributed by atoms with Crippen molar-refractivity contribution in [3.63, 3.8) is 0 Å². The van der Waals surface area contributed by atoms with Crippen LogP contribution in [0, 0.1) is 17.8 Å². The first-order chi connectivity index (χ1) is 19.4. The second-order valence-corrected chi connectivity index (χ2v) is 14.8. The number of halogens is 5. The monoisotopic (exact) mass is 794 g/mol. The summed E-state index contributed by atoms with van der Waals surface area (Å²) in [6, 6.07) is 1.44. The minimum Gasteiger partial charge on any atom is -0.503 e. The number of fused-ring (bicyclic) bond motifs is 4. The Bertz CT molecular complexity index is 1420. The third-order valence-corrected chi connectivity index (χ3v) is 13.8. The number of amides is 4. The molecule has 2 heterocycles. The summed E-state index contributed by atoms with van der Waals surface area (Å²) in [4.78, 5) is 54.3. The maximum Gasteiger partial charge on any atom is 0.254 e. The van der Waals surface area contributed by atoms with E-state index < -0.39 is 45.2 Å². The Morgan fingerprint density at radius 3 is 2.34 bits per heavy atom. The molecular formula is C28H27Br3Cl2N2O6. The first-order valence-electron chi connectivity index (χ1n) is 13.6. The highest BCUT2D eigenvalue weighted by molar-refractivity contribution is 9.13. The molecule has 0 bridgehead atoms. The fraction of sp³-hybridized carbons (Fsp3) is 0.571. The number of hydrogen-bond donors (Lipinski definition) is 1. The predicted molar refractivity (Wildman–Crippen MR) is 162 cm³/mol. The van der Waals surface area contributed by atoms with Gasteiger partial charge in [0, 0.05) is 16.4 Å². The lowest BCUT2D eigenvalue weighted by Gasteiger charge is -2.51. The van der Waals surface area contributed by atoms with Crippen molar-refractivity contribution in [2.45, 2.75) is 66.7 Å². The summed E-state index contributed by atoms with van der Waals surface area (Å²) in [6.07, 6.45) is 6.74. The van der Waals surface area contributed by atoms with Crippen molar-refractivity contribution in [3.05, 3.63) is 32.2 Å². The molecule has 4 amide bonds. The van der Waals surface area contributed by atoms with Gasteiger partial charge in [-0.3, -0.25) is 29.0 Å². The third-order valence-electron chi connectivity index (χ3n) is 9.69. The molecule has 2 saturated carbocycles. The number of benzene rings is 1.